The fraction of sp³-hybridized carbons (Fsp3) is 0.368. The summed E-state index contributed by atoms with van der Waals surface area (Å²) >= 11 is 0. The largest absolute Gasteiger partial charge is 0.495 e. The fourth-order valence-electron chi connectivity index (χ4n) is 3.52. The van der Waals surface area contributed by atoms with Gasteiger partial charge < -0.3 is 19.5 Å². The number of para-hydroxylation sites is 3. The minimum Gasteiger partial charge on any atom is -0.495 e. The number of rotatable bonds is 3. The molecule has 2 aromatic rings. The zero-order chi connectivity index (χ0) is 15.7. The summed E-state index contributed by atoms with van der Waals surface area (Å²) in [7, 11) is 1.69. The van der Waals surface area contributed by atoms with Gasteiger partial charge in [0.2, 0.25) is 5.79 Å². The normalized spacial score (nSPS) is 25.7. The molecule has 1 N–H and O–H groups in total. The summed E-state index contributed by atoms with van der Waals surface area (Å²) in [6.45, 7) is 0.767. The van der Waals surface area contributed by atoms with Gasteiger partial charge in [0.15, 0.2) is 0 Å². The lowest BCUT2D eigenvalue weighted by Crippen LogP contribution is -2.42. The van der Waals surface area contributed by atoms with Crippen LogP contribution in [0.4, 0.5) is 5.69 Å². The summed E-state index contributed by atoms with van der Waals surface area (Å²) in [5, 5.41) is 3.62. The van der Waals surface area contributed by atoms with E-state index in [0.29, 0.717) is 0 Å². The second-order valence-corrected chi connectivity index (χ2v) is 6.10. The smallest absolute Gasteiger partial charge is 0.212 e. The Morgan fingerprint density at radius 2 is 1.96 bits per heavy atom. The highest BCUT2D eigenvalue weighted by Gasteiger charge is 2.44. The zero-order valence-electron chi connectivity index (χ0n) is 13.2. The van der Waals surface area contributed by atoms with E-state index in [1.807, 2.05) is 42.5 Å². The summed E-state index contributed by atoms with van der Waals surface area (Å²) in [6, 6.07) is 16.3. The van der Waals surface area contributed by atoms with Crippen LogP contribution in [0.2, 0.25) is 0 Å². The minimum atomic E-state index is -0.492. The summed E-state index contributed by atoms with van der Waals surface area (Å²) in [5.41, 5.74) is 2.16. The predicted octanol–water partition coefficient (Wildman–Crippen LogP) is 4.14. The average Bonchev–Trinajstić information content (AvgIpc) is 3.03. The molecule has 0 amide bonds. The van der Waals surface area contributed by atoms with E-state index in [0.717, 1.165) is 43.1 Å². The van der Waals surface area contributed by atoms with Gasteiger partial charge in [-0.1, -0.05) is 30.3 Å². The second-order valence-electron chi connectivity index (χ2n) is 6.10. The van der Waals surface area contributed by atoms with E-state index < -0.39 is 5.79 Å². The van der Waals surface area contributed by atoms with Gasteiger partial charge in [0, 0.05) is 18.4 Å². The Hall–Kier alpha value is -2.20. The molecular weight excluding hydrogens is 290 g/mol. The van der Waals surface area contributed by atoms with E-state index in [-0.39, 0.29) is 6.04 Å². The van der Waals surface area contributed by atoms with Gasteiger partial charge in [0.1, 0.15) is 11.5 Å². The number of anilines is 1. The van der Waals surface area contributed by atoms with Crippen molar-refractivity contribution in [1.29, 1.82) is 0 Å². The monoisotopic (exact) mass is 311 g/mol. The number of fused-ring (bicyclic) bond motifs is 1. The molecule has 0 aromatic heterocycles. The van der Waals surface area contributed by atoms with Gasteiger partial charge in [0.25, 0.3) is 0 Å². The van der Waals surface area contributed by atoms with Gasteiger partial charge >= 0.3 is 0 Å². The summed E-state index contributed by atoms with van der Waals surface area (Å²) < 4.78 is 17.6. The third-order valence-corrected chi connectivity index (χ3v) is 4.61. The number of ether oxygens (including phenoxy) is 3. The van der Waals surface area contributed by atoms with Gasteiger partial charge in [-0.3, -0.25) is 0 Å². The topological polar surface area (TPSA) is 39.7 Å². The molecule has 4 rings (SSSR count). The van der Waals surface area contributed by atoms with Crippen LogP contribution in [0.3, 0.4) is 0 Å². The van der Waals surface area contributed by atoms with Crippen LogP contribution < -0.4 is 14.8 Å². The molecule has 23 heavy (non-hydrogen) atoms. The number of hydrogen-bond donors (Lipinski definition) is 1. The van der Waals surface area contributed by atoms with Gasteiger partial charge in [0.05, 0.1) is 25.4 Å². The number of benzene rings is 2. The van der Waals surface area contributed by atoms with Crippen LogP contribution >= 0.6 is 0 Å². The first-order valence-electron chi connectivity index (χ1n) is 8.11. The molecule has 2 aromatic carbocycles. The molecule has 120 valence electrons. The lowest BCUT2D eigenvalue weighted by molar-refractivity contribution is -0.164. The minimum absolute atomic E-state index is 0.134. The number of nitrogens with one attached hydrogen (secondary N) is 1. The molecule has 1 saturated heterocycles. The second kappa shape index (κ2) is 5.78. The highest BCUT2D eigenvalue weighted by Crippen LogP contribution is 2.46. The molecule has 2 atom stereocenters. The van der Waals surface area contributed by atoms with Crippen molar-refractivity contribution >= 4 is 5.69 Å². The van der Waals surface area contributed by atoms with Crippen LogP contribution in [0.1, 0.15) is 30.9 Å². The third-order valence-electron chi connectivity index (χ3n) is 4.61. The Bertz CT molecular complexity index is 695. The first-order valence-corrected chi connectivity index (χ1v) is 8.11. The van der Waals surface area contributed by atoms with Crippen molar-refractivity contribution in [1.82, 2.24) is 0 Å². The van der Waals surface area contributed by atoms with Gasteiger partial charge in [-0.15, -0.1) is 0 Å². The number of hydrogen-bond acceptors (Lipinski definition) is 4. The van der Waals surface area contributed by atoms with E-state index in [9.17, 15) is 0 Å². The molecule has 2 unspecified atom stereocenters. The molecule has 0 aliphatic carbocycles. The molecular formula is C19H21NO3. The molecule has 1 spiro atoms. The lowest BCUT2D eigenvalue weighted by atomic mass is 9.92. The van der Waals surface area contributed by atoms with Crippen LogP contribution in [-0.4, -0.2) is 19.5 Å². The molecule has 0 saturated carbocycles. The summed E-state index contributed by atoms with van der Waals surface area (Å²) in [4.78, 5) is 0. The molecule has 1 fully saturated rings. The van der Waals surface area contributed by atoms with Crippen LogP contribution in [-0.2, 0) is 4.74 Å². The Labute approximate surface area is 136 Å². The standard InChI is InChI=1S/C19H21NO3/c1-21-18-10-5-3-8-15(18)20-16-13-19(11-6-12-22-19)23-17-9-4-2-7-14(16)17/h2-5,7-10,16,20H,6,11-13H2,1H3. The van der Waals surface area contributed by atoms with Gasteiger partial charge in [-0.05, 0) is 24.6 Å². The van der Waals surface area contributed by atoms with Crippen molar-refractivity contribution in [2.45, 2.75) is 31.1 Å². The Morgan fingerprint density at radius 1 is 1.13 bits per heavy atom. The van der Waals surface area contributed by atoms with E-state index in [1.54, 1.807) is 7.11 Å². The van der Waals surface area contributed by atoms with Crippen LogP contribution in [0.25, 0.3) is 0 Å². The summed E-state index contributed by atoms with van der Waals surface area (Å²) in [6.07, 6.45) is 2.77. The van der Waals surface area contributed by atoms with Crippen molar-refractivity contribution < 1.29 is 14.2 Å². The van der Waals surface area contributed by atoms with E-state index >= 15 is 0 Å². The molecule has 4 heteroatoms. The molecule has 2 aliphatic heterocycles. The van der Waals surface area contributed by atoms with Crippen molar-refractivity contribution in [2.75, 3.05) is 19.0 Å². The zero-order valence-corrected chi connectivity index (χ0v) is 13.2. The maximum absolute atomic E-state index is 6.21. The Kier molecular flexibility index (Phi) is 3.62. The molecule has 4 nitrogen and oxygen atoms in total. The van der Waals surface area contributed by atoms with Gasteiger partial charge in [-0.2, -0.15) is 0 Å². The predicted molar refractivity (Wildman–Crippen MR) is 89.0 cm³/mol. The van der Waals surface area contributed by atoms with Crippen LogP contribution in [0.15, 0.2) is 48.5 Å². The first kappa shape index (κ1) is 14.4. The fourth-order valence-corrected chi connectivity index (χ4v) is 3.52. The van der Waals surface area contributed by atoms with Crippen molar-refractivity contribution in [3.63, 3.8) is 0 Å². The van der Waals surface area contributed by atoms with Crippen LogP contribution in [0.5, 0.6) is 11.5 Å². The summed E-state index contributed by atoms with van der Waals surface area (Å²) in [5.74, 6) is 1.26. The van der Waals surface area contributed by atoms with E-state index in [2.05, 4.69) is 11.4 Å². The highest BCUT2D eigenvalue weighted by atomic mass is 16.7. The van der Waals surface area contributed by atoms with Crippen molar-refractivity contribution in [3.05, 3.63) is 54.1 Å². The van der Waals surface area contributed by atoms with E-state index in [1.165, 1.54) is 5.56 Å². The van der Waals surface area contributed by atoms with E-state index in [4.69, 9.17) is 14.2 Å². The lowest BCUT2D eigenvalue weighted by Gasteiger charge is -2.39. The first-order chi connectivity index (χ1) is 11.3. The molecule has 0 radical (unpaired) electrons. The number of methoxy groups -OCH3 is 1. The Morgan fingerprint density at radius 3 is 2.78 bits per heavy atom. The van der Waals surface area contributed by atoms with Gasteiger partial charge in [-0.25, -0.2) is 0 Å². The average molecular weight is 311 g/mol. The molecule has 0 bridgehead atoms. The SMILES string of the molecule is COc1ccccc1NC1CC2(CCCO2)Oc2ccccc21. The van der Waals surface area contributed by atoms with Crippen LogP contribution in [0, 0.1) is 0 Å². The van der Waals surface area contributed by atoms with Crippen molar-refractivity contribution in [3.8, 4) is 11.5 Å². The maximum atomic E-state index is 6.21. The Balaban J connectivity index is 1.69. The maximum Gasteiger partial charge on any atom is 0.212 e. The third kappa shape index (κ3) is 2.63. The molecule has 2 aliphatic rings. The van der Waals surface area contributed by atoms with Crippen molar-refractivity contribution in [2.24, 2.45) is 0 Å². The highest BCUT2D eigenvalue weighted by molar-refractivity contribution is 5.58. The molecule has 2 heterocycles. The quantitative estimate of drug-likeness (QED) is 0.925.